The van der Waals surface area contributed by atoms with Crippen molar-refractivity contribution in [2.45, 2.75) is 26.7 Å². The van der Waals surface area contributed by atoms with Crippen molar-refractivity contribution < 1.29 is 29.0 Å². The number of ether oxygens (including phenoxy) is 2. The smallest absolute Gasteiger partial charge is 0.344 e. The van der Waals surface area contributed by atoms with Gasteiger partial charge in [0, 0.05) is 6.42 Å². The third-order valence-corrected chi connectivity index (χ3v) is 4.71. The van der Waals surface area contributed by atoms with Crippen LogP contribution in [0.3, 0.4) is 0 Å². The lowest BCUT2D eigenvalue weighted by molar-refractivity contribution is -0.138. The maximum Gasteiger partial charge on any atom is 0.344 e. The van der Waals surface area contributed by atoms with Crippen molar-refractivity contribution in [1.82, 2.24) is 0 Å². The van der Waals surface area contributed by atoms with Gasteiger partial charge in [0.2, 0.25) is 5.91 Å². The van der Waals surface area contributed by atoms with Gasteiger partial charge in [0.1, 0.15) is 16.4 Å². The first kappa shape index (κ1) is 21.4. The molecule has 1 aliphatic rings. The summed E-state index contributed by atoms with van der Waals surface area (Å²) in [5, 5.41) is 10.6. The fourth-order valence-corrected chi connectivity index (χ4v) is 3.39. The topological polar surface area (TPSA) is 102 Å². The molecule has 1 aromatic carbocycles. The van der Waals surface area contributed by atoms with Gasteiger partial charge in [-0.3, -0.25) is 4.79 Å². The lowest BCUT2D eigenvalue weighted by Gasteiger charge is -2.03. The van der Waals surface area contributed by atoms with Crippen LogP contribution in [-0.4, -0.2) is 41.7 Å². The molecule has 0 bridgehead atoms. The number of esters is 2. The van der Waals surface area contributed by atoms with Gasteiger partial charge in [0.15, 0.2) is 0 Å². The van der Waals surface area contributed by atoms with E-state index in [1.807, 2.05) is 6.92 Å². The predicted octanol–water partition coefficient (Wildman–Crippen LogP) is 3.66. The molecule has 0 saturated heterocycles. The summed E-state index contributed by atoms with van der Waals surface area (Å²) in [5.41, 5.74) is 0.961. The molecular formula is C20H21NO6S. The van der Waals surface area contributed by atoms with Crippen molar-refractivity contribution >= 4 is 40.7 Å². The Bertz CT molecular complexity index is 867. The summed E-state index contributed by atoms with van der Waals surface area (Å²) in [6.07, 6.45) is 2.50. The van der Waals surface area contributed by atoms with Crippen LogP contribution in [0.4, 0.5) is 0 Å². The van der Waals surface area contributed by atoms with Crippen LogP contribution in [0, 0.1) is 0 Å². The molecular weight excluding hydrogens is 382 g/mol. The number of benzene rings is 1. The summed E-state index contributed by atoms with van der Waals surface area (Å²) in [6.45, 7) is 3.63. The molecule has 28 heavy (non-hydrogen) atoms. The number of carbonyl (C=O) groups is 3. The number of rotatable bonds is 6. The second-order valence-electron chi connectivity index (χ2n) is 5.73. The van der Waals surface area contributed by atoms with Gasteiger partial charge in [-0.15, -0.1) is 0 Å². The average molecular weight is 403 g/mol. The van der Waals surface area contributed by atoms with Crippen molar-refractivity contribution in [2.75, 3.05) is 13.7 Å². The fourth-order valence-electron chi connectivity index (χ4n) is 2.36. The lowest BCUT2D eigenvalue weighted by Crippen LogP contribution is -2.14. The molecule has 0 atom stereocenters. The zero-order chi connectivity index (χ0) is 20.7. The molecule has 148 valence electrons. The van der Waals surface area contributed by atoms with Gasteiger partial charge in [-0.05, 0) is 37.1 Å². The number of aliphatic imine (C=N–C) groups is 1. The molecule has 1 heterocycles. The molecule has 1 aromatic rings. The zero-order valence-electron chi connectivity index (χ0n) is 15.9. The molecule has 0 radical (unpaired) electrons. The van der Waals surface area contributed by atoms with Crippen LogP contribution in [0.5, 0.6) is 0 Å². The van der Waals surface area contributed by atoms with Crippen molar-refractivity contribution in [1.29, 1.82) is 0 Å². The molecule has 1 amide bonds. The van der Waals surface area contributed by atoms with E-state index in [0.717, 1.165) is 11.8 Å². The quantitative estimate of drug-likeness (QED) is 0.723. The van der Waals surface area contributed by atoms with Crippen LogP contribution in [0.1, 0.15) is 42.6 Å². The van der Waals surface area contributed by atoms with Gasteiger partial charge in [-0.1, -0.05) is 30.8 Å². The number of amides is 1. The first-order chi connectivity index (χ1) is 13.4. The highest BCUT2D eigenvalue weighted by molar-refractivity contribution is 8.18. The maximum absolute atomic E-state index is 12.2. The van der Waals surface area contributed by atoms with Crippen molar-refractivity contribution in [3.8, 4) is 0 Å². The lowest BCUT2D eigenvalue weighted by atomic mass is 10.1. The van der Waals surface area contributed by atoms with Crippen molar-refractivity contribution in [3.05, 3.63) is 51.6 Å². The van der Waals surface area contributed by atoms with E-state index in [0.29, 0.717) is 22.5 Å². The number of aliphatic hydroxyl groups is 1. The fraction of sp³-hybridized carbons (Fsp3) is 0.300. The van der Waals surface area contributed by atoms with Gasteiger partial charge in [0.25, 0.3) is 0 Å². The molecule has 2 rings (SSSR count). The van der Waals surface area contributed by atoms with Crippen LogP contribution in [0.2, 0.25) is 0 Å². The number of carbonyl (C=O) groups excluding carboxylic acids is 3. The molecule has 0 aliphatic carbocycles. The van der Waals surface area contributed by atoms with Crippen molar-refractivity contribution in [3.63, 3.8) is 0 Å². The Kier molecular flexibility index (Phi) is 7.57. The van der Waals surface area contributed by atoms with Gasteiger partial charge >= 0.3 is 11.9 Å². The summed E-state index contributed by atoms with van der Waals surface area (Å²) in [6, 6.07) is 6.53. The van der Waals surface area contributed by atoms with Crippen LogP contribution in [-0.2, 0) is 19.1 Å². The van der Waals surface area contributed by atoms with E-state index < -0.39 is 11.9 Å². The molecule has 0 spiro atoms. The Hall–Kier alpha value is -2.87. The SMILES string of the molecule is CCCC(=O)N=C1S/C(=C\c2ccc(C(=O)OC)cc2)C(O)=C1C(=O)OCC. The monoisotopic (exact) mass is 403 g/mol. The Morgan fingerprint density at radius 1 is 1.14 bits per heavy atom. The highest BCUT2D eigenvalue weighted by Gasteiger charge is 2.33. The second-order valence-corrected chi connectivity index (χ2v) is 6.76. The highest BCUT2D eigenvalue weighted by atomic mass is 32.2. The number of hydrogen-bond acceptors (Lipinski definition) is 7. The number of methoxy groups -OCH3 is 1. The van der Waals surface area contributed by atoms with Crippen LogP contribution in [0.25, 0.3) is 6.08 Å². The van der Waals surface area contributed by atoms with Gasteiger partial charge in [0.05, 0.1) is 24.2 Å². The van der Waals surface area contributed by atoms with Crippen LogP contribution < -0.4 is 0 Å². The highest BCUT2D eigenvalue weighted by Crippen LogP contribution is 2.39. The van der Waals surface area contributed by atoms with E-state index in [2.05, 4.69) is 9.73 Å². The van der Waals surface area contributed by atoms with Gasteiger partial charge in [-0.2, -0.15) is 0 Å². The number of thioether (sulfide) groups is 1. The second kappa shape index (κ2) is 9.89. The third kappa shape index (κ3) is 5.10. The minimum absolute atomic E-state index is 0.117. The molecule has 0 aromatic heterocycles. The molecule has 7 nitrogen and oxygen atoms in total. The van der Waals surface area contributed by atoms with E-state index in [1.165, 1.54) is 7.11 Å². The standard InChI is InChI=1S/C20H21NO6S/c1-4-6-15(22)21-18-16(20(25)27-5-2)17(23)14(28-18)11-12-7-9-13(10-8-12)19(24)26-3/h7-11,23H,4-6H2,1-3H3/b14-11-,21-18?. The van der Waals surface area contributed by atoms with E-state index in [9.17, 15) is 19.5 Å². The van der Waals surface area contributed by atoms with E-state index in [-0.39, 0.29) is 35.3 Å². The van der Waals surface area contributed by atoms with E-state index in [4.69, 9.17) is 4.74 Å². The molecule has 0 fully saturated rings. The number of hydrogen-bond donors (Lipinski definition) is 1. The van der Waals surface area contributed by atoms with Gasteiger partial charge < -0.3 is 14.6 Å². The largest absolute Gasteiger partial charge is 0.506 e. The van der Waals surface area contributed by atoms with E-state index >= 15 is 0 Å². The minimum atomic E-state index is -0.736. The maximum atomic E-state index is 12.2. The van der Waals surface area contributed by atoms with Crippen LogP contribution >= 0.6 is 11.8 Å². The zero-order valence-corrected chi connectivity index (χ0v) is 16.7. The number of aliphatic hydroxyl groups excluding tert-OH is 1. The number of nitrogens with zero attached hydrogens (tertiary/aromatic N) is 1. The molecule has 1 aliphatic heterocycles. The molecule has 8 heteroatoms. The summed E-state index contributed by atoms with van der Waals surface area (Å²) in [5.74, 6) is -1.85. The first-order valence-corrected chi connectivity index (χ1v) is 9.53. The molecule has 1 N–H and O–H groups in total. The molecule has 0 saturated carbocycles. The average Bonchev–Trinajstić information content (AvgIpc) is 2.97. The Balaban J connectivity index is 2.39. The Morgan fingerprint density at radius 2 is 1.82 bits per heavy atom. The normalized spacial score (nSPS) is 16.5. The summed E-state index contributed by atoms with van der Waals surface area (Å²) in [4.78, 5) is 40.0. The van der Waals surface area contributed by atoms with Crippen molar-refractivity contribution in [2.24, 2.45) is 4.99 Å². The minimum Gasteiger partial charge on any atom is -0.506 e. The third-order valence-electron chi connectivity index (χ3n) is 3.69. The molecule has 0 unspecified atom stereocenters. The van der Waals surface area contributed by atoms with Gasteiger partial charge in [-0.25, -0.2) is 14.6 Å². The summed E-state index contributed by atoms with van der Waals surface area (Å²) in [7, 11) is 1.30. The Morgan fingerprint density at radius 3 is 2.39 bits per heavy atom. The van der Waals surface area contributed by atoms with E-state index in [1.54, 1.807) is 37.3 Å². The first-order valence-electron chi connectivity index (χ1n) is 8.71. The van der Waals surface area contributed by atoms with Crippen LogP contribution in [0.15, 0.2) is 45.5 Å². The Labute approximate surface area is 167 Å². The predicted molar refractivity (Wildman–Crippen MR) is 107 cm³/mol. The summed E-state index contributed by atoms with van der Waals surface area (Å²) < 4.78 is 9.64. The summed E-state index contributed by atoms with van der Waals surface area (Å²) >= 11 is 1.02.